The number of hydrogen-bond acceptors (Lipinski definition) is 2. The molecule has 0 N–H and O–H groups in total. The molecule has 0 saturated carbocycles. The highest BCUT2D eigenvalue weighted by atomic mass is 35.5. The number of nitrogens with zero attached hydrogens (tertiary/aromatic N) is 1. The summed E-state index contributed by atoms with van der Waals surface area (Å²) in [6.07, 6.45) is 3.79. The van der Waals surface area contributed by atoms with Crippen molar-refractivity contribution in [1.82, 2.24) is 0 Å². The van der Waals surface area contributed by atoms with Gasteiger partial charge in [0.2, 0.25) is 0 Å². The van der Waals surface area contributed by atoms with Crippen LogP contribution in [-0.2, 0) is 0 Å². The molecule has 3 heteroatoms. The minimum Gasteiger partial charge on any atom is -0.488 e. The quantitative estimate of drug-likeness (QED) is 0.669. The van der Waals surface area contributed by atoms with Crippen molar-refractivity contribution in [2.24, 2.45) is 0 Å². The highest BCUT2D eigenvalue weighted by Gasteiger charge is 2.07. The van der Waals surface area contributed by atoms with E-state index in [1.54, 1.807) is 18.2 Å². The third-order valence-corrected chi connectivity index (χ3v) is 2.43. The summed E-state index contributed by atoms with van der Waals surface area (Å²) in [5.41, 5.74) is 3.93. The van der Waals surface area contributed by atoms with E-state index in [0.717, 1.165) is 16.9 Å². The summed E-state index contributed by atoms with van der Waals surface area (Å²) < 4.78 is 5.53. The maximum absolute atomic E-state index is 8.76. The van der Waals surface area contributed by atoms with Crippen molar-refractivity contribution in [1.29, 1.82) is 5.26 Å². The number of nitriles is 1. The topological polar surface area (TPSA) is 33.0 Å². The van der Waals surface area contributed by atoms with Crippen LogP contribution in [0.1, 0.15) is 11.1 Å². The lowest BCUT2D eigenvalue weighted by Crippen LogP contribution is -1.97. The van der Waals surface area contributed by atoms with Crippen LogP contribution >= 0.6 is 11.6 Å². The summed E-state index contributed by atoms with van der Waals surface area (Å²) in [7, 11) is 0. The van der Waals surface area contributed by atoms with Gasteiger partial charge in [-0.2, -0.15) is 5.26 Å². The zero-order chi connectivity index (χ0) is 10.7. The standard InChI is InChI=1S/C12H8ClNO/c13-6-10-1-3-11-5-9(7-14)2-4-12(11)15-8-10/h1-6H,8H2/b10-6-. The molecule has 74 valence electrons. The van der Waals surface area contributed by atoms with E-state index in [4.69, 9.17) is 21.6 Å². The Bertz CT molecular complexity index is 483. The van der Waals surface area contributed by atoms with Crippen LogP contribution in [0.25, 0.3) is 6.08 Å². The van der Waals surface area contributed by atoms with Gasteiger partial charge in [-0.05, 0) is 18.2 Å². The molecule has 0 aliphatic carbocycles. The first-order valence-electron chi connectivity index (χ1n) is 4.48. The van der Waals surface area contributed by atoms with Gasteiger partial charge in [0.05, 0.1) is 11.6 Å². The molecule has 0 saturated heterocycles. The van der Waals surface area contributed by atoms with Gasteiger partial charge in [-0.15, -0.1) is 0 Å². The Morgan fingerprint density at radius 2 is 2.27 bits per heavy atom. The fourth-order valence-corrected chi connectivity index (χ4v) is 1.49. The van der Waals surface area contributed by atoms with E-state index in [1.165, 1.54) is 5.54 Å². The lowest BCUT2D eigenvalue weighted by molar-refractivity contribution is 0.356. The molecule has 2 nitrogen and oxygen atoms in total. The summed E-state index contributed by atoms with van der Waals surface area (Å²) >= 11 is 5.61. The van der Waals surface area contributed by atoms with E-state index in [1.807, 2.05) is 12.2 Å². The monoisotopic (exact) mass is 217 g/mol. The molecule has 0 amide bonds. The first kappa shape index (κ1) is 9.82. The third kappa shape index (κ3) is 2.03. The van der Waals surface area contributed by atoms with Crippen molar-refractivity contribution >= 4 is 17.7 Å². The summed E-state index contributed by atoms with van der Waals surface area (Å²) in [6.45, 7) is 0.457. The molecule has 0 atom stereocenters. The van der Waals surface area contributed by atoms with Gasteiger partial charge in [-0.25, -0.2) is 0 Å². The first-order valence-corrected chi connectivity index (χ1v) is 4.91. The molecule has 1 aliphatic heterocycles. The molecule has 1 heterocycles. The van der Waals surface area contributed by atoms with Gasteiger partial charge in [0, 0.05) is 16.7 Å². The van der Waals surface area contributed by atoms with Crippen LogP contribution < -0.4 is 4.74 Å². The number of fused-ring (bicyclic) bond motifs is 1. The highest BCUT2D eigenvalue weighted by molar-refractivity contribution is 6.25. The Hall–Kier alpha value is -1.72. The minimum atomic E-state index is 0.457. The van der Waals surface area contributed by atoms with Crippen molar-refractivity contribution < 1.29 is 4.74 Å². The zero-order valence-electron chi connectivity index (χ0n) is 7.90. The Morgan fingerprint density at radius 1 is 1.40 bits per heavy atom. The van der Waals surface area contributed by atoms with Crippen LogP contribution in [0.3, 0.4) is 0 Å². The number of ether oxygens (including phenoxy) is 1. The Labute approximate surface area is 93.0 Å². The van der Waals surface area contributed by atoms with E-state index in [-0.39, 0.29) is 0 Å². The second-order valence-electron chi connectivity index (χ2n) is 3.17. The van der Waals surface area contributed by atoms with Crippen molar-refractivity contribution in [3.05, 3.63) is 46.5 Å². The lowest BCUT2D eigenvalue weighted by Gasteiger charge is -2.05. The zero-order valence-corrected chi connectivity index (χ0v) is 8.66. The minimum absolute atomic E-state index is 0.457. The van der Waals surface area contributed by atoms with Gasteiger partial charge in [-0.3, -0.25) is 0 Å². The molecule has 1 aromatic carbocycles. The molecule has 0 radical (unpaired) electrons. The molecular formula is C12H8ClNO. The van der Waals surface area contributed by atoms with Crippen molar-refractivity contribution in [2.75, 3.05) is 6.61 Å². The molecule has 2 rings (SSSR count). The fourth-order valence-electron chi connectivity index (χ4n) is 1.35. The third-order valence-electron chi connectivity index (χ3n) is 2.15. The average molecular weight is 218 g/mol. The van der Waals surface area contributed by atoms with E-state index in [9.17, 15) is 0 Å². The second-order valence-corrected chi connectivity index (χ2v) is 3.39. The van der Waals surface area contributed by atoms with Gasteiger partial charge >= 0.3 is 0 Å². The summed E-state index contributed by atoms with van der Waals surface area (Å²) in [4.78, 5) is 0. The highest BCUT2D eigenvalue weighted by Crippen LogP contribution is 2.25. The fraction of sp³-hybridized carbons (Fsp3) is 0.0833. The van der Waals surface area contributed by atoms with Crippen LogP contribution in [-0.4, -0.2) is 6.61 Å². The van der Waals surface area contributed by atoms with Crippen LogP contribution in [0, 0.1) is 11.3 Å². The largest absolute Gasteiger partial charge is 0.488 e. The predicted molar refractivity (Wildman–Crippen MR) is 59.6 cm³/mol. The number of rotatable bonds is 0. The van der Waals surface area contributed by atoms with Gasteiger partial charge in [0.25, 0.3) is 0 Å². The second kappa shape index (κ2) is 4.20. The number of halogens is 1. The molecule has 1 aromatic rings. The maximum Gasteiger partial charge on any atom is 0.127 e. The predicted octanol–water partition coefficient (Wildman–Crippen LogP) is 3.09. The van der Waals surface area contributed by atoms with Crippen LogP contribution in [0.2, 0.25) is 0 Å². The molecule has 1 aliphatic rings. The van der Waals surface area contributed by atoms with Gasteiger partial charge in [0.1, 0.15) is 12.4 Å². The molecule has 15 heavy (non-hydrogen) atoms. The van der Waals surface area contributed by atoms with E-state index >= 15 is 0 Å². The average Bonchev–Trinajstić information content (AvgIpc) is 2.50. The molecule has 0 fully saturated rings. The number of hydrogen-bond donors (Lipinski definition) is 0. The Morgan fingerprint density at radius 3 is 3.00 bits per heavy atom. The molecular weight excluding hydrogens is 210 g/mol. The van der Waals surface area contributed by atoms with Gasteiger partial charge < -0.3 is 4.74 Å². The molecule has 0 unspecified atom stereocenters. The van der Waals surface area contributed by atoms with Crippen molar-refractivity contribution in [3.8, 4) is 11.8 Å². The van der Waals surface area contributed by atoms with Crippen molar-refractivity contribution in [3.63, 3.8) is 0 Å². The molecule has 0 bridgehead atoms. The van der Waals surface area contributed by atoms with Crippen LogP contribution in [0.5, 0.6) is 5.75 Å². The Kier molecular flexibility index (Phi) is 2.75. The summed E-state index contributed by atoms with van der Waals surface area (Å²) in [5, 5.41) is 8.76. The lowest BCUT2D eigenvalue weighted by atomic mass is 10.1. The van der Waals surface area contributed by atoms with Crippen molar-refractivity contribution in [2.45, 2.75) is 0 Å². The van der Waals surface area contributed by atoms with E-state index in [2.05, 4.69) is 6.07 Å². The van der Waals surface area contributed by atoms with Crippen LogP contribution in [0.4, 0.5) is 0 Å². The smallest absolute Gasteiger partial charge is 0.127 e. The maximum atomic E-state index is 8.76. The molecule has 0 aromatic heterocycles. The number of benzene rings is 1. The Balaban J connectivity index is 2.44. The van der Waals surface area contributed by atoms with Crippen LogP contribution in [0.15, 0.2) is 35.4 Å². The van der Waals surface area contributed by atoms with Gasteiger partial charge in [0.15, 0.2) is 0 Å². The first-order chi connectivity index (χ1) is 7.33. The van der Waals surface area contributed by atoms with E-state index < -0.39 is 0 Å². The summed E-state index contributed by atoms with van der Waals surface area (Å²) in [6, 6.07) is 7.43. The van der Waals surface area contributed by atoms with Gasteiger partial charge in [-0.1, -0.05) is 23.8 Å². The SMILES string of the molecule is N#Cc1ccc2c(c1)C=C/C(=C/Cl)CO2. The normalized spacial score (nSPS) is 16.4. The van der Waals surface area contributed by atoms with E-state index in [0.29, 0.717) is 12.2 Å². The molecule has 0 spiro atoms. The summed E-state index contributed by atoms with van der Waals surface area (Å²) in [5.74, 6) is 0.777.